The average Bonchev–Trinajstić information content (AvgIpc) is 2.13. The van der Waals surface area contributed by atoms with E-state index in [9.17, 15) is 13.2 Å². The van der Waals surface area contributed by atoms with Gasteiger partial charge in [0.1, 0.15) is 0 Å². The Labute approximate surface area is 86.4 Å². The van der Waals surface area contributed by atoms with Crippen LogP contribution in [0.3, 0.4) is 0 Å². The van der Waals surface area contributed by atoms with Crippen LogP contribution in [0.1, 0.15) is 18.1 Å². The third-order valence-electron chi connectivity index (χ3n) is 1.85. The summed E-state index contributed by atoms with van der Waals surface area (Å²) < 4.78 is 37.5. The number of benzene rings is 1. The summed E-state index contributed by atoms with van der Waals surface area (Å²) in [7, 11) is 0. The van der Waals surface area contributed by atoms with Crippen molar-refractivity contribution in [1.29, 1.82) is 0 Å². The van der Waals surface area contributed by atoms with E-state index in [0.29, 0.717) is 0 Å². The molecule has 0 spiro atoms. The van der Waals surface area contributed by atoms with Crippen molar-refractivity contribution in [2.45, 2.75) is 19.1 Å². The van der Waals surface area contributed by atoms with Crippen LogP contribution in [-0.2, 0) is 6.18 Å². The summed E-state index contributed by atoms with van der Waals surface area (Å²) in [5.74, 6) is 0. The summed E-state index contributed by atoms with van der Waals surface area (Å²) in [5, 5.41) is 0. The van der Waals surface area contributed by atoms with E-state index in [1.165, 1.54) is 24.3 Å². The molecule has 0 saturated heterocycles. The third-order valence-corrected chi connectivity index (χ3v) is 1.85. The van der Waals surface area contributed by atoms with E-state index < -0.39 is 11.7 Å². The molecule has 1 aromatic carbocycles. The highest BCUT2D eigenvalue weighted by molar-refractivity contribution is 5.55. The number of halogens is 3. The molecular weight excluding hydrogens is 203 g/mol. The first-order valence-corrected chi connectivity index (χ1v) is 4.51. The second kappa shape index (κ2) is 4.49. The van der Waals surface area contributed by atoms with Crippen molar-refractivity contribution in [2.75, 3.05) is 0 Å². The van der Waals surface area contributed by atoms with E-state index in [2.05, 4.69) is 0 Å². The fourth-order valence-electron chi connectivity index (χ4n) is 1.16. The Morgan fingerprint density at radius 1 is 1.27 bits per heavy atom. The molecule has 0 amide bonds. The van der Waals surface area contributed by atoms with Crippen molar-refractivity contribution >= 4 is 6.08 Å². The summed E-state index contributed by atoms with van der Waals surface area (Å²) in [6.45, 7) is 1.70. The monoisotopic (exact) mass is 215 g/mol. The fraction of sp³-hybridized carbons (Fsp3) is 0.273. The molecule has 1 nitrogen and oxygen atoms in total. The molecule has 0 aliphatic rings. The Bertz CT molecular complexity index is 353. The first-order valence-electron chi connectivity index (χ1n) is 4.51. The van der Waals surface area contributed by atoms with Gasteiger partial charge < -0.3 is 5.73 Å². The predicted octanol–water partition coefficient (Wildman–Crippen LogP) is 3.07. The molecule has 1 rings (SSSR count). The van der Waals surface area contributed by atoms with Crippen molar-refractivity contribution in [2.24, 2.45) is 5.73 Å². The molecule has 0 aliphatic heterocycles. The molecule has 1 unspecified atom stereocenters. The highest BCUT2D eigenvalue weighted by Crippen LogP contribution is 2.32. The fourth-order valence-corrected chi connectivity index (χ4v) is 1.16. The summed E-state index contributed by atoms with van der Waals surface area (Å²) >= 11 is 0. The number of nitrogens with two attached hydrogens (primary N) is 1. The van der Waals surface area contributed by atoms with Gasteiger partial charge in [0.25, 0.3) is 0 Å². The van der Waals surface area contributed by atoms with Crippen LogP contribution in [0, 0.1) is 0 Å². The normalized spacial score (nSPS) is 14.5. The number of rotatable bonds is 2. The van der Waals surface area contributed by atoms with Gasteiger partial charge in [0, 0.05) is 6.04 Å². The first-order chi connectivity index (χ1) is 6.91. The second-order valence-corrected chi connectivity index (χ2v) is 3.30. The van der Waals surface area contributed by atoms with Crippen molar-refractivity contribution in [1.82, 2.24) is 0 Å². The van der Waals surface area contributed by atoms with Crippen molar-refractivity contribution < 1.29 is 13.2 Å². The van der Waals surface area contributed by atoms with Gasteiger partial charge in [-0.3, -0.25) is 0 Å². The van der Waals surface area contributed by atoms with Crippen LogP contribution >= 0.6 is 0 Å². The average molecular weight is 215 g/mol. The molecule has 0 bridgehead atoms. The Balaban J connectivity index is 3.08. The molecule has 0 heterocycles. The number of hydrogen-bond acceptors (Lipinski definition) is 1. The lowest BCUT2D eigenvalue weighted by molar-refractivity contribution is -0.137. The number of hydrogen-bond donors (Lipinski definition) is 1. The largest absolute Gasteiger partial charge is 0.416 e. The Morgan fingerprint density at radius 2 is 1.87 bits per heavy atom. The molecule has 1 aromatic rings. The van der Waals surface area contributed by atoms with Crippen LogP contribution in [-0.4, -0.2) is 6.04 Å². The van der Waals surface area contributed by atoms with Crippen LogP contribution in [0.25, 0.3) is 6.08 Å². The minimum atomic E-state index is -4.32. The van der Waals surface area contributed by atoms with E-state index in [-0.39, 0.29) is 11.6 Å². The van der Waals surface area contributed by atoms with Crippen molar-refractivity contribution in [3.05, 3.63) is 41.5 Å². The minimum Gasteiger partial charge on any atom is -0.325 e. The van der Waals surface area contributed by atoms with Crippen LogP contribution in [0.4, 0.5) is 13.2 Å². The Kier molecular flexibility index (Phi) is 3.52. The van der Waals surface area contributed by atoms with Gasteiger partial charge in [0.05, 0.1) is 5.56 Å². The molecule has 2 N–H and O–H groups in total. The van der Waals surface area contributed by atoms with Gasteiger partial charge in [-0.2, -0.15) is 13.2 Å². The van der Waals surface area contributed by atoms with Gasteiger partial charge in [-0.15, -0.1) is 0 Å². The zero-order chi connectivity index (χ0) is 11.5. The Hall–Kier alpha value is -1.29. The molecule has 0 saturated carbocycles. The van der Waals surface area contributed by atoms with Gasteiger partial charge in [-0.05, 0) is 18.6 Å². The zero-order valence-corrected chi connectivity index (χ0v) is 8.25. The van der Waals surface area contributed by atoms with Gasteiger partial charge in [0.15, 0.2) is 0 Å². The molecule has 82 valence electrons. The van der Waals surface area contributed by atoms with Crippen LogP contribution in [0.5, 0.6) is 0 Å². The summed E-state index contributed by atoms with van der Waals surface area (Å²) in [6.07, 6.45) is -1.39. The van der Waals surface area contributed by atoms with Gasteiger partial charge in [0.2, 0.25) is 0 Å². The SMILES string of the molecule is CC(N)/C=C/c1ccccc1C(F)(F)F. The number of alkyl halides is 3. The quantitative estimate of drug-likeness (QED) is 0.806. The molecule has 1 atom stereocenters. The molecule has 0 radical (unpaired) electrons. The highest BCUT2D eigenvalue weighted by atomic mass is 19.4. The van der Waals surface area contributed by atoms with E-state index in [1.54, 1.807) is 13.0 Å². The lowest BCUT2D eigenvalue weighted by atomic mass is 10.1. The van der Waals surface area contributed by atoms with Crippen LogP contribution in [0.2, 0.25) is 0 Å². The third kappa shape index (κ3) is 3.40. The van der Waals surface area contributed by atoms with Gasteiger partial charge in [-0.25, -0.2) is 0 Å². The molecule has 0 aromatic heterocycles. The minimum absolute atomic E-state index is 0.141. The topological polar surface area (TPSA) is 26.0 Å². The van der Waals surface area contributed by atoms with E-state index in [4.69, 9.17) is 5.73 Å². The lowest BCUT2D eigenvalue weighted by Gasteiger charge is -2.09. The molecule has 4 heteroatoms. The predicted molar refractivity (Wildman–Crippen MR) is 54.1 cm³/mol. The van der Waals surface area contributed by atoms with Crippen molar-refractivity contribution in [3.8, 4) is 0 Å². The van der Waals surface area contributed by atoms with E-state index in [1.807, 2.05) is 0 Å². The maximum atomic E-state index is 12.5. The smallest absolute Gasteiger partial charge is 0.325 e. The summed E-state index contributed by atoms with van der Waals surface area (Å²) in [6, 6.07) is 5.15. The standard InChI is InChI=1S/C11H12F3N/c1-8(15)6-7-9-4-2-3-5-10(9)11(12,13)14/h2-8H,15H2,1H3/b7-6+. The molecule has 0 fully saturated rings. The molecule has 0 aliphatic carbocycles. The zero-order valence-electron chi connectivity index (χ0n) is 8.25. The Morgan fingerprint density at radius 3 is 2.40 bits per heavy atom. The first kappa shape index (κ1) is 11.8. The summed E-state index contributed by atoms with van der Waals surface area (Å²) in [4.78, 5) is 0. The molecule has 15 heavy (non-hydrogen) atoms. The lowest BCUT2D eigenvalue weighted by Crippen LogP contribution is -2.11. The second-order valence-electron chi connectivity index (χ2n) is 3.30. The molecular formula is C11H12F3N. The van der Waals surface area contributed by atoms with Crippen molar-refractivity contribution in [3.63, 3.8) is 0 Å². The highest BCUT2D eigenvalue weighted by Gasteiger charge is 2.32. The maximum Gasteiger partial charge on any atom is 0.416 e. The van der Waals surface area contributed by atoms with Crippen LogP contribution < -0.4 is 5.73 Å². The van der Waals surface area contributed by atoms with E-state index in [0.717, 1.165) is 6.07 Å². The summed E-state index contributed by atoms with van der Waals surface area (Å²) in [5.41, 5.74) is 4.94. The van der Waals surface area contributed by atoms with Gasteiger partial charge in [-0.1, -0.05) is 30.4 Å². The van der Waals surface area contributed by atoms with Gasteiger partial charge >= 0.3 is 6.18 Å². The van der Waals surface area contributed by atoms with Crippen LogP contribution in [0.15, 0.2) is 30.3 Å². The van der Waals surface area contributed by atoms with E-state index >= 15 is 0 Å². The maximum absolute atomic E-state index is 12.5.